The molecule has 2 atom stereocenters. The molecule has 0 aliphatic carbocycles. The minimum absolute atomic E-state index is 0.282. The molecule has 102 valence electrons. The predicted molar refractivity (Wildman–Crippen MR) is 76.5 cm³/mol. The molecule has 0 aromatic heterocycles. The maximum atomic E-state index is 11.4. The van der Waals surface area contributed by atoms with Gasteiger partial charge in [-0.3, -0.25) is 0 Å². The molecule has 1 N–H and O–H groups in total. The third-order valence-corrected chi connectivity index (χ3v) is 6.37. The molecule has 0 radical (unpaired) electrons. The van der Waals surface area contributed by atoms with E-state index in [1.54, 1.807) is 6.92 Å². The highest BCUT2D eigenvalue weighted by atomic mass is 32.2. The van der Waals surface area contributed by atoms with Gasteiger partial charge in [0.25, 0.3) is 0 Å². The average molecular weight is 279 g/mol. The van der Waals surface area contributed by atoms with Gasteiger partial charge in [-0.05, 0) is 37.5 Å². The molecule has 17 heavy (non-hydrogen) atoms. The molecule has 1 rings (SSSR count). The number of nitrogens with one attached hydrogen (secondary N) is 1. The van der Waals surface area contributed by atoms with Crippen LogP contribution in [0.25, 0.3) is 0 Å². The first-order valence-corrected chi connectivity index (χ1v) is 9.58. The summed E-state index contributed by atoms with van der Waals surface area (Å²) in [6.45, 7) is 4.99. The van der Waals surface area contributed by atoms with E-state index in [0.29, 0.717) is 17.7 Å². The summed E-state index contributed by atoms with van der Waals surface area (Å²) in [6.07, 6.45) is 3.04. The number of rotatable bonds is 8. The molecule has 2 unspecified atom stereocenters. The average Bonchev–Trinajstić information content (AvgIpc) is 2.74. The number of hydrogen-bond acceptors (Lipinski definition) is 4. The van der Waals surface area contributed by atoms with Gasteiger partial charge in [0.1, 0.15) is 9.84 Å². The Morgan fingerprint density at radius 2 is 2.06 bits per heavy atom. The van der Waals surface area contributed by atoms with Gasteiger partial charge in [-0.25, -0.2) is 8.42 Å². The second-order valence-corrected chi connectivity index (χ2v) is 8.28. The molecule has 0 saturated carbocycles. The highest BCUT2D eigenvalue weighted by Gasteiger charge is 2.26. The Hall–Kier alpha value is 0.260. The van der Waals surface area contributed by atoms with Crippen LogP contribution in [0.2, 0.25) is 0 Å². The van der Waals surface area contributed by atoms with Gasteiger partial charge >= 0.3 is 0 Å². The van der Waals surface area contributed by atoms with Crippen LogP contribution in [0.3, 0.4) is 0 Å². The molecule has 0 spiro atoms. The molecule has 0 aromatic carbocycles. The summed E-state index contributed by atoms with van der Waals surface area (Å²) in [6, 6.07) is 0.601. The molecule has 3 nitrogen and oxygen atoms in total. The Morgan fingerprint density at radius 3 is 2.71 bits per heavy atom. The molecule has 1 saturated heterocycles. The van der Waals surface area contributed by atoms with Crippen LogP contribution in [0.15, 0.2) is 0 Å². The van der Waals surface area contributed by atoms with E-state index in [1.807, 2.05) is 11.8 Å². The molecule has 5 heteroatoms. The van der Waals surface area contributed by atoms with Crippen LogP contribution in [0.4, 0.5) is 0 Å². The fraction of sp³-hybridized carbons (Fsp3) is 1.00. The zero-order valence-corrected chi connectivity index (χ0v) is 12.6. The minimum Gasteiger partial charge on any atom is -0.313 e. The lowest BCUT2D eigenvalue weighted by atomic mass is 9.98. The second-order valence-electron chi connectivity index (χ2n) is 4.74. The topological polar surface area (TPSA) is 46.2 Å². The summed E-state index contributed by atoms with van der Waals surface area (Å²) in [4.78, 5) is 0. The smallest absolute Gasteiger partial charge is 0.150 e. The predicted octanol–water partition coefficient (Wildman–Crippen LogP) is 1.93. The maximum absolute atomic E-state index is 11.4. The summed E-state index contributed by atoms with van der Waals surface area (Å²) < 4.78 is 22.8. The molecular weight excluding hydrogens is 254 g/mol. The molecule has 1 aliphatic rings. The van der Waals surface area contributed by atoms with Gasteiger partial charge in [0, 0.05) is 17.5 Å². The Morgan fingerprint density at radius 1 is 1.29 bits per heavy atom. The van der Waals surface area contributed by atoms with Gasteiger partial charge in [0.05, 0.1) is 5.75 Å². The van der Waals surface area contributed by atoms with Crippen LogP contribution in [-0.2, 0) is 9.84 Å². The van der Waals surface area contributed by atoms with Crippen LogP contribution in [0.1, 0.15) is 33.1 Å². The number of sulfone groups is 1. The zero-order valence-electron chi connectivity index (χ0n) is 10.9. The Kier molecular flexibility index (Phi) is 6.89. The zero-order chi connectivity index (χ0) is 12.7. The van der Waals surface area contributed by atoms with Crippen molar-refractivity contribution in [2.75, 3.05) is 29.6 Å². The van der Waals surface area contributed by atoms with Gasteiger partial charge in [-0.2, -0.15) is 11.8 Å². The van der Waals surface area contributed by atoms with Crippen molar-refractivity contribution < 1.29 is 8.42 Å². The number of hydrogen-bond donors (Lipinski definition) is 1. The fourth-order valence-electron chi connectivity index (χ4n) is 2.15. The van der Waals surface area contributed by atoms with E-state index in [4.69, 9.17) is 0 Å². The van der Waals surface area contributed by atoms with E-state index in [-0.39, 0.29) is 5.75 Å². The lowest BCUT2D eigenvalue weighted by Crippen LogP contribution is -2.36. The fourth-order valence-corrected chi connectivity index (χ4v) is 4.53. The Bertz CT molecular complexity index is 304. The highest BCUT2D eigenvalue weighted by Crippen LogP contribution is 2.28. The van der Waals surface area contributed by atoms with Crippen LogP contribution < -0.4 is 5.32 Å². The van der Waals surface area contributed by atoms with E-state index in [2.05, 4.69) is 12.2 Å². The van der Waals surface area contributed by atoms with Gasteiger partial charge in [0.15, 0.2) is 0 Å². The van der Waals surface area contributed by atoms with E-state index in [9.17, 15) is 8.42 Å². The largest absolute Gasteiger partial charge is 0.313 e. The van der Waals surface area contributed by atoms with Crippen LogP contribution >= 0.6 is 11.8 Å². The Labute approximate surface area is 110 Å². The van der Waals surface area contributed by atoms with Crippen LogP contribution in [-0.4, -0.2) is 44.0 Å². The van der Waals surface area contributed by atoms with Crippen molar-refractivity contribution in [1.29, 1.82) is 0 Å². The van der Waals surface area contributed by atoms with Gasteiger partial charge in [-0.15, -0.1) is 0 Å². The second kappa shape index (κ2) is 7.64. The summed E-state index contributed by atoms with van der Waals surface area (Å²) in [5, 5.41) is 3.57. The third-order valence-electron chi connectivity index (χ3n) is 3.32. The van der Waals surface area contributed by atoms with E-state index >= 15 is 0 Å². The first-order valence-electron chi connectivity index (χ1n) is 6.60. The molecule has 1 fully saturated rings. The minimum atomic E-state index is -2.77. The van der Waals surface area contributed by atoms with Crippen LogP contribution in [0, 0.1) is 5.92 Å². The van der Waals surface area contributed by atoms with Crippen molar-refractivity contribution in [2.24, 2.45) is 5.92 Å². The van der Waals surface area contributed by atoms with Gasteiger partial charge < -0.3 is 5.32 Å². The SMILES string of the molecule is CCCNC1CSCC1CCCS(=O)(=O)CC. The summed E-state index contributed by atoms with van der Waals surface area (Å²) in [7, 11) is -2.77. The number of thioether (sulfide) groups is 1. The van der Waals surface area contributed by atoms with Crippen molar-refractivity contribution in [1.82, 2.24) is 5.32 Å². The molecular formula is C12H25NO2S2. The quantitative estimate of drug-likeness (QED) is 0.737. The van der Waals surface area contributed by atoms with Gasteiger partial charge in [0.2, 0.25) is 0 Å². The molecule has 1 heterocycles. The molecule has 0 aromatic rings. The molecule has 0 bridgehead atoms. The van der Waals surface area contributed by atoms with Crippen molar-refractivity contribution in [3.63, 3.8) is 0 Å². The van der Waals surface area contributed by atoms with E-state index < -0.39 is 9.84 Å². The van der Waals surface area contributed by atoms with Crippen molar-refractivity contribution in [2.45, 2.75) is 39.2 Å². The van der Waals surface area contributed by atoms with Crippen molar-refractivity contribution >= 4 is 21.6 Å². The van der Waals surface area contributed by atoms with Crippen molar-refractivity contribution in [3.05, 3.63) is 0 Å². The van der Waals surface area contributed by atoms with Gasteiger partial charge in [-0.1, -0.05) is 13.8 Å². The molecule has 0 amide bonds. The van der Waals surface area contributed by atoms with Crippen molar-refractivity contribution in [3.8, 4) is 0 Å². The standard InChI is InChI=1S/C12H25NO2S2/c1-3-7-13-12-10-16-9-11(12)6-5-8-17(14,15)4-2/h11-13H,3-10H2,1-2H3. The lowest BCUT2D eigenvalue weighted by molar-refractivity contribution is 0.402. The summed E-state index contributed by atoms with van der Waals surface area (Å²) in [5.74, 6) is 3.69. The van der Waals surface area contributed by atoms with Crippen LogP contribution in [0.5, 0.6) is 0 Å². The normalized spacial score (nSPS) is 25.3. The maximum Gasteiger partial charge on any atom is 0.150 e. The lowest BCUT2D eigenvalue weighted by Gasteiger charge is -2.19. The first kappa shape index (κ1) is 15.3. The monoisotopic (exact) mass is 279 g/mol. The molecule has 1 aliphatic heterocycles. The first-order chi connectivity index (χ1) is 8.09. The highest BCUT2D eigenvalue weighted by molar-refractivity contribution is 7.99. The summed E-state index contributed by atoms with van der Waals surface area (Å²) in [5.41, 5.74) is 0. The van der Waals surface area contributed by atoms with E-state index in [1.165, 1.54) is 11.5 Å². The summed E-state index contributed by atoms with van der Waals surface area (Å²) >= 11 is 1.99. The Balaban J connectivity index is 2.26. The third kappa shape index (κ3) is 5.62. The van der Waals surface area contributed by atoms with E-state index in [0.717, 1.165) is 25.8 Å².